The average Bonchev–Trinajstić information content (AvgIpc) is 2.96. The lowest BCUT2D eigenvalue weighted by Crippen LogP contribution is -2.61. The number of piperazine rings is 1. The van der Waals surface area contributed by atoms with Crippen molar-refractivity contribution in [3.05, 3.63) is 18.2 Å². The first kappa shape index (κ1) is 10.3. The number of aromatic nitrogens is 2. The molecule has 0 aliphatic carbocycles. The molecular weight excluding hydrogens is 220 g/mol. The fourth-order valence-corrected chi connectivity index (χ4v) is 2.59. The molecule has 1 aromatic rings. The fourth-order valence-electron chi connectivity index (χ4n) is 2.59. The number of nitrogens with one attached hydrogen (secondary N) is 2. The first-order valence-electron chi connectivity index (χ1n) is 5.84. The zero-order valence-electron chi connectivity index (χ0n) is 9.35. The van der Waals surface area contributed by atoms with E-state index in [0.29, 0.717) is 13.0 Å². The summed E-state index contributed by atoms with van der Waals surface area (Å²) in [6, 6.07) is -0.683. The molecule has 1 unspecified atom stereocenters. The van der Waals surface area contributed by atoms with Crippen LogP contribution in [0.2, 0.25) is 0 Å². The summed E-state index contributed by atoms with van der Waals surface area (Å²) in [7, 11) is 0. The van der Waals surface area contributed by atoms with Crippen LogP contribution in [0.15, 0.2) is 12.5 Å². The number of fused-ring (bicyclic) bond motifs is 1. The number of nitrogens with zero attached hydrogens (tertiary/aromatic N) is 2. The van der Waals surface area contributed by atoms with Gasteiger partial charge in [-0.05, 0) is 12.8 Å². The van der Waals surface area contributed by atoms with Crippen LogP contribution in [0.5, 0.6) is 0 Å². The summed E-state index contributed by atoms with van der Waals surface area (Å²) in [5.74, 6) is 0.00770. The van der Waals surface area contributed by atoms with Crippen molar-refractivity contribution in [3.63, 3.8) is 0 Å². The molecule has 0 bridgehead atoms. The quantitative estimate of drug-likeness (QED) is 0.720. The highest BCUT2D eigenvalue weighted by molar-refractivity contribution is 5.97. The number of hydrogen-bond acceptors (Lipinski definition) is 3. The third kappa shape index (κ3) is 1.69. The van der Waals surface area contributed by atoms with Gasteiger partial charge in [0, 0.05) is 24.9 Å². The van der Waals surface area contributed by atoms with E-state index in [4.69, 9.17) is 0 Å². The summed E-state index contributed by atoms with van der Waals surface area (Å²) in [4.78, 5) is 32.5. The van der Waals surface area contributed by atoms with E-state index in [1.807, 2.05) is 0 Å². The van der Waals surface area contributed by atoms with Crippen LogP contribution in [0.3, 0.4) is 0 Å². The number of hydrogen-bond donors (Lipinski definition) is 2. The minimum absolute atomic E-state index is 0.0217. The Kier molecular flexibility index (Phi) is 2.35. The van der Waals surface area contributed by atoms with Crippen molar-refractivity contribution in [1.29, 1.82) is 0 Å². The number of amides is 2. The zero-order valence-corrected chi connectivity index (χ0v) is 9.35. The van der Waals surface area contributed by atoms with E-state index in [1.54, 1.807) is 17.4 Å². The maximum atomic E-state index is 12.2. The number of imidazole rings is 1. The molecule has 0 aromatic carbocycles. The minimum atomic E-state index is -0.447. The molecule has 2 saturated heterocycles. The van der Waals surface area contributed by atoms with Crippen molar-refractivity contribution >= 4 is 11.8 Å². The second-order valence-electron chi connectivity index (χ2n) is 4.53. The van der Waals surface area contributed by atoms with Gasteiger partial charge in [0.25, 0.3) is 0 Å². The predicted octanol–water partition coefficient (Wildman–Crippen LogP) is -0.558. The lowest BCUT2D eigenvalue weighted by Gasteiger charge is -2.34. The van der Waals surface area contributed by atoms with E-state index >= 15 is 0 Å². The number of carbonyl (C=O) groups is 2. The van der Waals surface area contributed by atoms with E-state index < -0.39 is 6.04 Å². The van der Waals surface area contributed by atoms with Gasteiger partial charge in [0.2, 0.25) is 11.8 Å². The van der Waals surface area contributed by atoms with Crippen LogP contribution in [0.1, 0.15) is 18.5 Å². The normalized spacial score (nSPS) is 28.1. The lowest BCUT2D eigenvalue weighted by molar-refractivity contribution is -0.147. The third-order valence-corrected chi connectivity index (χ3v) is 3.43. The number of H-pyrrole nitrogens is 1. The first-order valence-corrected chi connectivity index (χ1v) is 5.84. The second-order valence-corrected chi connectivity index (χ2v) is 4.53. The van der Waals surface area contributed by atoms with Crippen LogP contribution in [-0.2, 0) is 16.0 Å². The molecular formula is C11H14N4O2. The third-order valence-electron chi connectivity index (χ3n) is 3.43. The smallest absolute Gasteiger partial charge is 0.246 e. The topological polar surface area (TPSA) is 78.1 Å². The summed E-state index contributed by atoms with van der Waals surface area (Å²) in [6.45, 7) is 0.705. The van der Waals surface area contributed by atoms with Crippen molar-refractivity contribution in [1.82, 2.24) is 20.2 Å². The number of aromatic amines is 1. The molecule has 2 aliphatic rings. The van der Waals surface area contributed by atoms with Gasteiger partial charge in [-0.15, -0.1) is 0 Å². The summed E-state index contributed by atoms with van der Waals surface area (Å²) < 4.78 is 0. The van der Waals surface area contributed by atoms with Crippen molar-refractivity contribution < 1.29 is 9.59 Å². The molecule has 0 spiro atoms. The molecule has 2 atom stereocenters. The highest BCUT2D eigenvalue weighted by atomic mass is 16.2. The summed E-state index contributed by atoms with van der Waals surface area (Å²) in [5, 5.41) is 2.80. The second kappa shape index (κ2) is 3.87. The fraction of sp³-hybridized carbons (Fsp3) is 0.545. The molecule has 90 valence electrons. The van der Waals surface area contributed by atoms with Crippen LogP contribution in [-0.4, -0.2) is 45.3 Å². The highest BCUT2D eigenvalue weighted by Gasteiger charge is 2.42. The van der Waals surface area contributed by atoms with Crippen molar-refractivity contribution in [2.75, 3.05) is 6.54 Å². The van der Waals surface area contributed by atoms with Gasteiger partial charge < -0.3 is 15.2 Å². The molecule has 2 aliphatic heterocycles. The zero-order chi connectivity index (χ0) is 11.8. The Morgan fingerprint density at radius 1 is 1.47 bits per heavy atom. The molecule has 3 rings (SSSR count). The van der Waals surface area contributed by atoms with E-state index in [9.17, 15) is 9.59 Å². The maximum Gasteiger partial charge on any atom is 0.246 e. The molecule has 2 fully saturated rings. The highest BCUT2D eigenvalue weighted by Crippen LogP contribution is 2.22. The molecule has 6 nitrogen and oxygen atoms in total. The maximum absolute atomic E-state index is 12.2. The Morgan fingerprint density at radius 2 is 2.35 bits per heavy atom. The molecule has 17 heavy (non-hydrogen) atoms. The first-order chi connectivity index (χ1) is 8.25. The van der Waals surface area contributed by atoms with Crippen molar-refractivity contribution in [3.8, 4) is 0 Å². The van der Waals surface area contributed by atoms with Gasteiger partial charge >= 0.3 is 0 Å². The van der Waals surface area contributed by atoms with Gasteiger partial charge in [-0.25, -0.2) is 4.98 Å². The van der Waals surface area contributed by atoms with Gasteiger partial charge in [-0.2, -0.15) is 0 Å². The lowest BCUT2D eigenvalue weighted by atomic mass is 10.0. The molecule has 0 saturated carbocycles. The molecule has 1 aromatic heterocycles. The monoisotopic (exact) mass is 234 g/mol. The van der Waals surface area contributed by atoms with Gasteiger partial charge in [0.05, 0.1) is 6.33 Å². The van der Waals surface area contributed by atoms with Crippen LogP contribution < -0.4 is 5.32 Å². The Hall–Kier alpha value is -1.85. The SMILES string of the molecule is O=C1NC(Cc2cnc[nH]2)C(=O)N2CCC[C@@H]12. The standard InChI is InChI=1S/C11H14N4O2/c16-10-9-2-1-3-15(9)11(17)8(14-10)4-7-5-12-6-13-7/h5-6,8-9H,1-4H2,(H,12,13)(H,14,16)/t8?,9-/m0/s1. The number of carbonyl (C=O) groups excluding carboxylic acids is 2. The molecule has 0 radical (unpaired) electrons. The largest absolute Gasteiger partial charge is 0.348 e. The van der Waals surface area contributed by atoms with Gasteiger partial charge in [-0.3, -0.25) is 9.59 Å². The van der Waals surface area contributed by atoms with E-state index in [2.05, 4.69) is 15.3 Å². The Bertz CT molecular complexity index is 442. The van der Waals surface area contributed by atoms with Crippen LogP contribution in [0.25, 0.3) is 0 Å². The van der Waals surface area contributed by atoms with Crippen LogP contribution in [0, 0.1) is 0 Å². The molecule has 2 N–H and O–H groups in total. The summed E-state index contributed by atoms with van der Waals surface area (Å²) in [6.07, 6.45) is 5.43. The van der Waals surface area contributed by atoms with Gasteiger partial charge in [0.1, 0.15) is 12.1 Å². The van der Waals surface area contributed by atoms with Gasteiger partial charge in [-0.1, -0.05) is 0 Å². The predicted molar refractivity (Wildman–Crippen MR) is 59.0 cm³/mol. The van der Waals surface area contributed by atoms with Crippen molar-refractivity contribution in [2.45, 2.75) is 31.3 Å². The minimum Gasteiger partial charge on any atom is -0.348 e. The van der Waals surface area contributed by atoms with E-state index in [-0.39, 0.29) is 17.9 Å². The van der Waals surface area contributed by atoms with Crippen LogP contribution >= 0.6 is 0 Å². The van der Waals surface area contributed by atoms with E-state index in [1.165, 1.54) is 0 Å². The Morgan fingerprint density at radius 3 is 3.12 bits per heavy atom. The summed E-state index contributed by atoms with van der Waals surface area (Å²) >= 11 is 0. The Balaban J connectivity index is 1.77. The van der Waals surface area contributed by atoms with Gasteiger partial charge in [0.15, 0.2) is 0 Å². The average molecular weight is 234 g/mol. The molecule has 3 heterocycles. The Labute approximate surface area is 98.4 Å². The van der Waals surface area contributed by atoms with Crippen LogP contribution in [0.4, 0.5) is 0 Å². The van der Waals surface area contributed by atoms with Crippen molar-refractivity contribution in [2.24, 2.45) is 0 Å². The van der Waals surface area contributed by atoms with E-state index in [0.717, 1.165) is 18.5 Å². The number of rotatable bonds is 2. The summed E-state index contributed by atoms with van der Waals surface area (Å²) in [5.41, 5.74) is 0.862. The molecule has 2 amide bonds. The molecule has 6 heteroatoms.